The number of anilines is 1. The fraction of sp³-hybridized carbons (Fsp3) is 0.400. The molecule has 2 saturated heterocycles. The zero-order valence-corrected chi connectivity index (χ0v) is 15.7. The Hall–Kier alpha value is -2.64. The largest absolute Gasteiger partial charge is 0.365 e. The van der Waals surface area contributed by atoms with Crippen LogP contribution in [0.3, 0.4) is 0 Å². The van der Waals surface area contributed by atoms with Crippen molar-refractivity contribution < 1.29 is 10.0 Å². The molecular formula is C20H25N5O2. The van der Waals surface area contributed by atoms with Crippen molar-refractivity contribution in [2.24, 2.45) is 7.05 Å². The van der Waals surface area contributed by atoms with Crippen molar-refractivity contribution in [2.45, 2.75) is 32.0 Å². The lowest BCUT2D eigenvalue weighted by atomic mass is 10.1. The molecule has 1 amide bonds. The number of carbonyl (C=O) groups excluding carboxylic acids is 1. The fourth-order valence-electron chi connectivity index (χ4n) is 4.35. The Balaban J connectivity index is 1.48. The number of benzene rings is 1. The maximum Gasteiger partial charge on any atom is 0.267 e. The second-order valence-corrected chi connectivity index (χ2v) is 7.39. The molecule has 2 aliphatic heterocycles. The van der Waals surface area contributed by atoms with E-state index in [-0.39, 0.29) is 0 Å². The van der Waals surface area contributed by atoms with E-state index >= 15 is 0 Å². The van der Waals surface area contributed by atoms with Crippen LogP contribution >= 0.6 is 0 Å². The van der Waals surface area contributed by atoms with E-state index in [1.54, 1.807) is 11.6 Å². The molecule has 2 aromatic rings. The zero-order valence-electron chi connectivity index (χ0n) is 15.7. The van der Waals surface area contributed by atoms with Gasteiger partial charge >= 0.3 is 0 Å². The molecule has 2 atom stereocenters. The average Bonchev–Trinajstić information content (AvgIpc) is 3.34. The van der Waals surface area contributed by atoms with E-state index in [1.165, 1.54) is 11.8 Å². The van der Waals surface area contributed by atoms with Crippen LogP contribution in [0.15, 0.2) is 36.4 Å². The van der Waals surface area contributed by atoms with Gasteiger partial charge < -0.3 is 4.90 Å². The van der Waals surface area contributed by atoms with Gasteiger partial charge in [-0.3, -0.25) is 19.6 Å². The summed E-state index contributed by atoms with van der Waals surface area (Å²) in [6.07, 6.45) is 4.26. The lowest BCUT2D eigenvalue weighted by Crippen LogP contribution is -2.46. The van der Waals surface area contributed by atoms with Gasteiger partial charge in [-0.05, 0) is 37.1 Å². The van der Waals surface area contributed by atoms with Crippen molar-refractivity contribution in [3.8, 4) is 0 Å². The number of hydrogen-bond donors (Lipinski definition) is 2. The van der Waals surface area contributed by atoms with Gasteiger partial charge in [0.2, 0.25) is 0 Å². The molecule has 2 bridgehead atoms. The first-order chi connectivity index (χ1) is 13.0. The highest BCUT2D eigenvalue weighted by molar-refractivity contribution is 5.91. The van der Waals surface area contributed by atoms with Crippen LogP contribution in [0, 0.1) is 6.92 Å². The summed E-state index contributed by atoms with van der Waals surface area (Å²) in [5.74, 6) is -0.523. The van der Waals surface area contributed by atoms with Crippen LogP contribution in [0.1, 0.15) is 23.4 Å². The van der Waals surface area contributed by atoms with Crippen LogP contribution in [0.25, 0.3) is 6.08 Å². The van der Waals surface area contributed by atoms with Crippen molar-refractivity contribution >= 4 is 17.7 Å². The number of piperazine rings is 1. The molecule has 3 heterocycles. The quantitative estimate of drug-likeness (QED) is 0.478. The Bertz CT molecular complexity index is 875. The van der Waals surface area contributed by atoms with Crippen LogP contribution in [0.5, 0.6) is 0 Å². The molecule has 4 rings (SSSR count). The van der Waals surface area contributed by atoms with E-state index < -0.39 is 5.91 Å². The summed E-state index contributed by atoms with van der Waals surface area (Å²) in [6.45, 7) is 4.98. The van der Waals surface area contributed by atoms with E-state index in [0.29, 0.717) is 12.1 Å². The topological polar surface area (TPSA) is 73.6 Å². The Morgan fingerprint density at radius 3 is 2.81 bits per heavy atom. The number of para-hydroxylation sites is 1. The van der Waals surface area contributed by atoms with E-state index in [2.05, 4.69) is 27.0 Å². The number of hydroxylamine groups is 1. The van der Waals surface area contributed by atoms with Gasteiger partial charge in [-0.2, -0.15) is 5.10 Å². The van der Waals surface area contributed by atoms with Crippen molar-refractivity contribution in [1.82, 2.24) is 20.2 Å². The number of carbonyl (C=O) groups is 1. The number of aryl methyl sites for hydroxylation is 2. The van der Waals surface area contributed by atoms with Crippen LogP contribution in [-0.4, -0.2) is 51.0 Å². The Kier molecular flexibility index (Phi) is 4.72. The third-order valence-corrected chi connectivity index (χ3v) is 5.59. The molecule has 2 N–H and O–H groups in total. The number of hydrogen-bond acceptors (Lipinski definition) is 5. The fourth-order valence-corrected chi connectivity index (χ4v) is 4.35. The van der Waals surface area contributed by atoms with Gasteiger partial charge in [-0.1, -0.05) is 18.2 Å². The summed E-state index contributed by atoms with van der Waals surface area (Å²) in [5.41, 5.74) is 6.08. The summed E-state index contributed by atoms with van der Waals surface area (Å²) in [6, 6.07) is 11.3. The highest BCUT2D eigenvalue weighted by Crippen LogP contribution is 2.37. The Morgan fingerprint density at radius 1 is 1.33 bits per heavy atom. The molecule has 0 spiro atoms. The molecular weight excluding hydrogens is 342 g/mol. The van der Waals surface area contributed by atoms with E-state index in [1.807, 2.05) is 36.9 Å². The number of fused-ring (bicyclic) bond motifs is 2. The molecule has 0 radical (unpaired) electrons. The first-order valence-electron chi connectivity index (χ1n) is 9.26. The Labute approximate surface area is 158 Å². The monoisotopic (exact) mass is 367 g/mol. The molecule has 2 aliphatic rings. The van der Waals surface area contributed by atoms with Crippen LogP contribution in [0.4, 0.5) is 5.69 Å². The normalized spacial score (nSPS) is 22.1. The lowest BCUT2D eigenvalue weighted by molar-refractivity contribution is -0.124. The van der Waals surface area contributed by atoms with Gasteiger partial charge in [0.25, 0.3) is 5.91 Å². The molecule has 1 aromatic heterocycles. The molecule has 0 aliphatic carbocycles. The minimum absolute atomic E-state index is 0.477. The predicted molar refractivity (Wildman–Crippen MR) is 103 cm³/mol. The number of aromatic nitrogens is 2. The molecule has 142 valence electrons. The van der Waals surface area contributed by atoms with Gasteiger partial charge in [-0.15, -0.1) is 0 Å². The van der Waals surface area contributed by atoms with Crippen LogP contribution in [0.2, 0.25) is 0 Å². The van der Waals surface area contributed by atoms with Gasteiger partial charge in [0.15, 0.2) is 0 Å². The van der Waals surface area contributed by atoms with Crippen molar-refractivity contribution in [3.63, 3.8) is 0 Å². The van der Waals surface area contributed by atoms with E-state index in [4.69, 9.17) is 5.21 Å². The Morgan fingerprint density at radius 2 is 2.15 bits per heavy atom. The summed E-state index contributed by atoms with van der Waals surface area (Å²) < 4.78 is 1.98. The van der Waals surface area contributed by atoms with Gasteiger partial charge in [-0.25, -0.2) is 5.48 Å². The number of amides is 1. The van der Waals surface area contributed by atoms with Crippen molar-refractivity contribution in [2.75, 3.05) is 18.0 Å². The molecule has 2 fully saturated rings. The summed E-state index contributed by atoms with van der Waals surface area (Å²) in [5, 5.41) is 13.1. The third kappa shape index (κ3) is 3.48. The predicted octanol–water partition coefficient (Wildman–Crippen LogP) is 1.71. The third-order valence-electron chi connectivity index (χ3n) is 5.59. The summed E-state index contributed by atoms with van der Waals surface area (Å²) in [7, 11) is 2.01. The molecule has 2 unspecified atom stereocenters. The standard InChI is InChI=1S/C20H25N5O2/c1-14-9-16(23(2)21-14)11-24-12-18-10-17(24)13-25(18)19-6-4-3-5-15(19)7-8-20(26)22-27/h3-9,17-18,27H,10-13H2,1-2H3,(H,22,26)/b8-7+. The number of rotatable bonds is 5. The summed E-state index contributed by atoms with van der Waals surface area (Å²) in [4.78, 5) is 16.3. The molecule has 27 heavy (non-hydrogen) atoms. The number of likely N-dealkylation sites (tertiary alicyclic amines) is 1. The SMILES string of the molecule is Cc1cc(CN2CC3CC2CN3c2ccccc2/C=C/C(=O)NO)n(C)n1. The minimum atomic E-state index is -0.523. The highest BCUT2D eigenvalue weighted by atomic mass is 16.5. The van der Waals surface area contributed by atoms with Gasteiger partial charge in [0.1, 0.15) is 0 Å². The summed E-state index contributed by atoms with van der Waals surface area (Å²) >= 11 is 0. The van der Waals surface area contributed by atoms with Gasteiger partial charge in [0.05, 0.1) is 11.4 Å². The van der Waals surface area contributed by atoms with Crippen molar-refractivity contribution in [1.29, 1.82) is 0 Å². The number of nitrogens with zero attached hydrogens (tertiary/aromatic N) is 4. The maximum absolute atomic E-state index is 11.3. The van der Waals surface area contributed by atoms with E-state index in [0.717, 1.165) is 43.0 Å². The zero-order chi connectivity index (χ0) is 19.0. The number of nitrogens with one attached hydrogen (secondary N) is 1. The molecule has 7 nitrogen and oxygen atoms in total. The molecule has 7 heteroatoms. The first kappa shape index (κ1) is 17.8. The van der Waals surface area contributed by atoms with E-state index in [9.17, 15) is 4.79 Å². The molecule has 0 saturated carbocycles. The van der Waals surface area contributed by atoms with Crippen LogP contribution in [-0.2, 0) is 18.4 Å². The van der Waals surface area contributed by atoms with Crippen molar-refractivity contribution in [3.05, 3.63) is 53.4 Å². The van der Waals surface area contributed by atoms with Gasteiger partial charge in [0, 0.05) is 50.5 Å². The lowest BCUT2D eigenvalue weighted by Gasteiger charge is -2.36. The maximum atomic E-state index is 11.3. The first-order valence-corrected chi connectivity index (χ1v) is 9.26. The highest BCUT2D eigenvalue weighted by Gasteiger charge is 2.43. The molecule has 1 aromatic carbocycles. The minimum Gasteiger partial charge on any atom is -0.365 e. The average molecular weight is 367 g/mol. The second-order valence-electron chi connectivity index (χ2n) is 7.39. The second kappa shape index (κ2) is 7.17. The van der Waals surface area contributed by atoms with Crippen LogP contribution < -0.4 is 10.4 Å². The smallest absolute Gasteiger partial charge is 0.267 e.